The fourth-order valence-electron chi connectivity index (χ4n) is 2.05. The van der Waals surface area contributed by atoms with Crippen molar-refractivity contribution in [2.45, 2.75) is 30.4 Å². The van der Waals surface area contributed by atoms with E-state index in [1.807, 2.05) is 6.92 Å². The topological polar surface area (TPSA) is 72.5 Å². The maximum Gasteiger partial charge on any atom is 0.262 e. The maximum atomic E-state index is 12.2. The van der Waals surface area contributed by atoms with Crippen molar-refractivity contribution >= 4 is 53.2 Å². The molecule has 9 heteroatoms. The Bertz CT molecular complexity index is 680. The minimum Gasteiger partial charge on any atom is -0.376 e. The quantitative estimate of drug-likeness (QED) is 0.768. The number of hydrogen-bond donors (Lipinski definition) is 1. The summed E-state index contributed by atoms with van der Waals surface area (Å²) in [5.74, 6) is -0.423. The maximum absolute atomic E-state index is 12.2. The van der Waals surface area contributed by atoms with Gasteiger partial charge in [0.1, 0.15) is 0 Å². The third-order valence-corrected chi connectivity index (χ3v) is 6.20. The van der Waals surface area contributed by atoms with E-state index in [4.69, 9.17) is 27.0 Å². The number of carbonyl (C=O) groups is 1. The summed E-state index contributed by atoms with van der Waals surface area (Å²) in [6.45, 7) is 2.44. The molecule has 0 radical (unpaired) electrons. The lowest BCUT2D eigenvalue weighted by Gasteiger charge is -2.16. The Labute approximate surface area is 140 Å². The number of amides is 1. The average Bonchev–Trinajstić information content (AvgIpc) is 2.76. The van der Waals surface area contributed by atoms with Crippen molar-refractivity contribution in [3.8, 4) is 0 Å². The first-order valence-corrected chi connectivity index (χ1v) is 9.54. The highest BCUT2D eigenvalue weighted by atomic mass is 79.9. The van der Waals surface area contributed by atoms with Crippen LogP contribution < -0.4 is 5.32 Å². The van der Waals surface area contributed by atoms with Crippen LogP contribution >= 0.6 is 38.2 Å². The molecule has 21 heavy (non-hydrogen) atoms. The third-order valence-electron chi connectivity index (χ3n) is 3.21. The van der Waals surface area contributed by atoms with Crippen molar-refractivity contribution in [1.29, 1.82) is 0 Å². The lowest BCUT2D eigenvalue weighted by Crippen LogP contribution is -2.39. The standard InChI is InChI=1S/C12H12BrCl2NO4S/c1-6-9(2-3-20-6)16-12(17)7-4-8(14)11(13)10(5-7)21(15,18)19/h4-6,9H,2-3H2,1H3,(H,16,17). The highest BCUT2D eigenvalue weighted by molar-refractivity contribution is 9.10. The molecule has 2 rings (SSSR count). The molecule has 0 bridgehead atoms. The summed E-state index contributed by atoms with van der Waals surface area (Å²) in [5, 5.41) is 2.89. The summed E-state index contributed by atoms with van der Waals surface area (Å²) in [6, 6.07) is 2.46. The van der Waals surface area contributed by atoms with Crippen molar-refractivity contribution in [1.82, 2.24) is 5.32 Å². The molecule has 2 atom stereocenters. The number of halogens is 3. The Morgan fingerprint density at radius 1 is 1.48 bits per heavy atom. The van der Waals surface area contributed by atoms with Gasteiger partial charge in [-0.05, 0) is 41.4 Å². The number of nitrogens with one attached hydrogen (secondary N) is 1. The second kappa shape index (κ2) is 6.42. The second-order valence-electron chi connectivity index (χ2n) is 4.65. The highest BCUT2D eigenvalue weighted by Gasteiger charge is 2.27. The molecule has 0 spiro atoms. The molecule has 116 valence electrons. The number of ether oxygens (including phenoxy) is 1. The number of carbonyl (C=O) groups excluding carboxylic acids is 1. The molecule has 1 heterocycles. The zero-order valence-electron chi connectivity index (χ0n) is 10.9. The van der Waals surface area contributed by atoms with Gasteiger partial charge in [0.25, 0.3) is 15.0 Å². The largest absolute Gasteiger partial charge is 0.376 e. The molecule has 1 amide bonds. The Balaban J connectivity index is 2.32. The van der Waals surface area contributed by atoms with Crippen LogP contribution in [0.25, 0.3) is 0 Å². The van der Waals surface area contributed by atoms with Gasteiger partial charge in [-0.15, -0.1) is 0 Å². The van der Waals surface area contributed by atoms with Crippen LogP contribution in [0.3, 0.4) is 0 Å². The van der Waals surface area contributed by atoms with E-state index < -0.39 is 15.0 Å². The minimum atomic E-state index is -4.01. The van der Waals surface area contributed by atoms with Gasteiger partial charge in [-0.3, -0.25) is 4.79 Å². The Hall–Kier alpha value is -0.340. The van der Waals surface area contributed by atoms with Gasteiger partial charge in [-0.1, -0.05) is 11.6 Å². The van der Waals surface area contributed by atoms with Crippen LogP contribution in [0.2, 0.25) is 5.02 Å². The number of benzene rings is 1. The normalized spacial score (nSPS) is 22.3. The molecule has 1 N–H and O–H groups in total. The first-order chi connectivity index (χ1) is 9.70. The summed E-state index contributed by atoms with van der Waals surface area (Å²) in [7, 11) is 1.32. The third kappa shape index (κ3) is 3.90. The fourth-order valence-corrected chi connectivity index (χ4v) is 4.43. The van der Waals surface area contributed by atoms with E-state index in [9.17, 15) is 13.2 Å². The molecular formula is C12H12BrCl2NO4S. The van der Waals surface area contributed by atoms with Crippen molar-refractivity contribution < 1.29 is 17.9 Å². The summed E-state index contributed by atoms with van der Waals surface area (Å²) < 4.78 is 28.5. The summed E-state index contributed by atoms with van der Waals surface area (Å²) in [6.07, 6.45) is 0.619. The van der Waals surface area contributed by atoms with E-state index in [-0.39, 0.29) is 32.1 Å². The molecule has 1 aromatic rings. The molecule has 1 aromatic carbocycles. The second-order valence-corrected chi connectivity index (χ2v) is 8.39. The van der Waals surface area contributed by atoms with Crippen LogP contribution in [0, 0.1) is 0 Å². The van der Waals surface area contributed by atoms with Gasteiger partial charge in [0.2, 0.25) is 0 Å². The van der Waals surface area contributed by atoms with Gasteiger partial charge >= 0.3 is 0 Å². The minimum absolute atomic E-state index is 0.0869. The van der Waals surface area contributed by atoms with Gasteiger partial charge in [0, 0.05) is 22.9 Å². The summed E-state index contributed by atoms with van der Waals surface area (Å²) in [4.78, 5) is 12.0. The fraction of sp³-hybridized carbons (Fsp3) is 0.417. The van der Waals surface area contributed by atoms with Gasteiger partial charge in [-0.25, -0.2) is 8.42 Å². The molecular weight excluding hydrogens is 405 g/mol. The molecule has 1 aliphatic heterocycles. The van der Waals surface area contributed by atoms with Gasteiger partial charge in [-0.2, -0.15) is 0 Å². The number of hydrogen-bond acceptors (Lipinski definition) is 4. The Morgan fingerprint density at radius 3 is 2.67 bits per heavy atom. The predicted octanol–water partition coefficient (Wildman–Crippen LogP) is 2.94. The smallest absolute Gasteiger partial charge is 0.262 e. The molecule has 0 saturated carbocycles. The first kappa shape index (κ1) is 17.0. The molecule has 0 aliphatic carbocycles. The van der Waals surface area contributed by atoms with Crippen LogP contribution in [0.15, 0.2) is 21.5 Å². The Kier molecular flexibility index (Phi) is 5.20. The van der Waals surface area contributed by atoms with Crippen LogP contribution in [0.4, 0.5) is 0 Å². The van der Waals surface area contributed by atoms with Crippen molar-refractivity contribution in [3.05, 3.63) is 27.2 Å². The van der Waals surface area contributed by atoms with E-state index in [1.54, 1.807) is 0 Å². The van der Waals surface area contributed by atoms with Crippen LogP contribution in [0.1, 0.15) is 23.7 Å². The van der Waals surface area contributed by atoms with E-state index in [2.05, 4.69) is 21.2 Å². The lowest BCUT2D eigenvalue weighted by molar-refractivity contribution is 0.0866. The first-order valence-electron chi connectivity index (χ1n) is 6.06. The molecule has 1 saturated heterocycles. The van der Waals surface area contributed by atoms with Crippen LogP contribution in [0.5, 0.6) is 0 Å². The van der Waals surface area contributed by atoms with E-state index in [0.717, 1.165) is 0 Å². The summed E-state index contributed by atoms with van der Waals surface area (Å²) in [5.41, 5.74) is 0.126. The van der Waals surface area contributed by atoms with Gasteiger partial charge in [0.15, 0.2) is 0 Å². The van der Waals surface area contributed by atoms with Crippen LogP contribution in [-0.4, -0.2) is 33.1 Å². The number of rotatable bonds is 3. The predicted molar refractivity (Wildman–Crippen MR) is 83.5 cm³/mol. The lowest BCUT2D eigenvalue weighted by atomic mass is 10.1. The average molecular weight is 417 g/mol. The molecule has 5 nitrogen and oxygen atoms in total. The molecule has 1 aliphatic rings. The van der Waals surface area contributed by atoms with E-state index in [1.165, 1.54) is 12.1 Å². The van der Waals surface area contributed by atoms with Crippen molar-refractivity contribution in [2.24, 2.45) is 0 Å². The zero-order chi connectivity index (χ0) is 15.8. The van der Waals surface area contributed by atoms with E-state index >= 15 is 0 Å². The summed E-state index contributed by atoms with van der Waals surface area (Å²) >= 11 is 8.99. The van der Waals surface area contributed by atoms with E-state index in [0.29, 0.717) is 13.0 Å². The van der Waals surface area contributed by atoms with Gasteiger partial charge in [0.05, 0.1) is 26.5 Å². The van der Waals surface area contributed by atoms with Crippen molar-refractivity contribution in [2.75, 3.05) is 6.61 Å². The van der Waals surface area contributed by atoms with Crippen LogP contribution in [-0.2, 0) is 13.8 Å². The zero-order valence-corrected chi connectivity index (χ0v) is 14.8. The van der Waals surface area contributed by atoms with Gasteiger partial charge < -0.3 is 10.1 Å². The Morgan fingerprint density at radius 2 is 2.14 bits per heavy atom. The SMILES string of the molecule is CC1OCCC1NC(=O)c1cc(Cl)c(Br)c(S(=O)(=O)Cl)c1. The van der Waals surface area contributed by atoms with Crippen molar-refractivity contribution in [3.63, 3.8) is 0 Å². The monoisotopic (exact) mass is 415 g/mol. The molecule has 1 fully saturated rings. The highest BCUT2D eigenvalue weighted by Crippen LogP contribution is 2.33. The molecule has 2 unspecified atom stereocenters. The molecule has 0 aromatic heterocycles.